The van der Waals surface area contributed by atoms with Crippen LogP contribution < -0.4 is 9.62 Å². The fourth-order valence-electron chi connectivity index (χ4n) is 4.96. The molecule has 0 bridgehead atoms. The van der Waals surface area contributed by atoms with E-state index in [0.29, 0.717) is 33.5 Å². The van der Waals surface area contributed by atoms with Crippen LogP contribution >= 0.6 is 0 Å². The van der Waals surface area contributed by atoms with Crippen LogP contribution in [0.1, 0.15) is 10.4 Å². The zero-order chi connectivity index (χ0) is 29.8. The molecule has 3 N–H and O–H groups in total. The summed E-state index contributed by atoms with van der Waals surface area (Å²) in [7, 11) is -0.849. The van der Waals surface area contributed by atoms with Crippen LogP contribution in [-0.4, -0.2) is 49.8 Å². The summed E-state index contributed by atoms with van der Waals surface area (Å²) in [6, 6.07) is 19.9. The molecule has 0 aliphatic carbocycles. The lowest BCUT2D eigenvalue weighted by Gasteiger charge is -2.20. The largest absolute Gasteiger partial charge is 0.506 e. The number of carbonyl (C=O) groups is 1. The van der Waals surface area contributed by atoms with Crippen LogP contribution in [0.5, 0.6) is 5.75 Å². The van der Waals surface area contributed by atoms with Gasteiger partial charge in [0, 0.05) is 53.1 Å². The number of hydrogen-bond acceptors (Lipinski definition) is 6. The first kappa shape index (κ1) is 27.0. The Hall–Kier alpha value is -5.16. The van der Waals surface area contributed by atoms with Crippen molar-refractivity contribution in [2.75, 3.05) is 24.7 Å². The second-order valence-corrected chi connectivity index (χ2v) is 11.9. The number of benzene rings is 3. The third-order valence-electron chi connectivity index (χ3n) is 7.18. The smallest absolute Gasteiger partial charge is 0.255 e. The van der Waals surface area contributed by atoms with E-state index in [1.807, 2.05) is 30.3 Å². The van der Waals surface area contributed by atoms with E-state index in [4.69, 9.17) is 4.42 Å². The average Bonchev–Trinajstić information content (AvgIpc) is 3.57. The normalized spacial score (nSPS) is 11.7. The minimum absolute atomic E-state index is 0.0719. The highest BCUT2D eigenvalue weighted by Gasteiger charge is 2.26. The lowest BCUT2D eigenvalue weighted by Crippen LogP contribution is -2.25. The number of hydrogen-bond donors (Lipinski definition) is 3. The van der Waals surface area contributed by atoms with Gasteiger partial charge < -0.3 is 19.8 Å². The van der Waals surface area contributed by atoms with Gasteiger partial charge in [-0.3, -0.25) is 14.1 Å². The van der Waals surface area contributed by atoms with Gasteiger partial charge in [0.25, 0.3) is 5.91 Å². The van der Waals surface area contributed by atoms with Crippen molar-refractivity contribution in [3.63, 3.8) is 0 Å². The van der Waals surface area contributed by atoms with Crippen molar-refractivity contribution < 1.29 is 27.1 Å². The SMILES string of the molecule is CNC(=O)c1c(-c2ccc(F)cc2)oc2cc(N(C)S(C)(=O)=O)c(-c3cc(-c4cc5ccccc5[nH]4)c(O)cn3)cc12. The van der Waals surface area contributed by atoms with Gasteiger partial charge in [0.1, 0.15) is 22.9 Å². The molecule has 0 saturated carbocycles. The number of amides is 1. The lowest BCUT2D eigenvalue weighted by atomic mass is 9.99. The summed E-state index contributed by atoms with van der Waals surface area (Å²) >= 11 is 0. The van der Waals surface area contributed by atoms with Crippen LogP contribution in [0, 0.1) is 5.82 Å². The standard InChI is InChI=1S/C31H25FN4O5S/c1-33-31(38)29-22-13-20(24-14-21(27(37)16-34-24)25-12-18-6-4-5-7-23(18)35-25)26(36(2)42(3,39)40)15-28(22)41-30(29)17-8-10-19(32)11-9-17/h4-16,35,37H,1-3H3,(H,33,38). The molecule has 3 aromatic heterocycles. The molecule has 212 valence electrons. The molecule has 0 saturated heterocycles. The highest BCUT2D eigenvalue weighted by atomic mass is 32.2. The van der Waals surface area contributed by atoms with Gasteiger partial charge >= 0.3 is 0 Å². The molecule has 1 amide bonds. The van der Waals surface area contributed by atoms with Crippen molar-refractivity contribution in [1.29, 1.82) is 0 Å². The minimum Gasteiger partial charge on any atom is -0.506 e. The number of aromatic hydroxyl groups is 1. The van der Waals surface area contributed by atoms with Gasteiger partial charge in [0.15, 0.2) is 0 Å². The van der Waals surface area contributed by atoms with E-state index >= 15 is 0 Å². The Morgan fingerprint density at radius 3 is 2.48 bits per heavy atom. The summed E-state index contributed by atoms with van der Waals surface area (Å²) in [6.45, 7) is 0. The molecular formula is C31H25FN4O5S. The van der Waals surface area contributed by atoms with Crippen LogP contribution in [0.15, 0.2) is 83.4 Å². The number of carbonyl (C=O) groups excluding carboxylic acids is 1. The number of sulfonamides is 1. The Labute approximate surface area is 240 Å². The maximum absolute atomic E-state index is 13.7. The summed E-state index contributed by atoms with van der Waals surface area (Å²) < 4.78 is 46.3. The summed E-state index contributed by atoms with van der Waals surface area (Å²) in [5.74, 6) is -0.759. The van der Waals surface area contributed by atoms with Crippen molar-refractivity contribution in [2.45, 2.75) is 0 Å². The molecule has 6 rings (SSSR count). The third kappa shape index (κ3) is 4.63. The fraction of sp³-hybridized carbons (Fsp3) is 0.0968. The Bertz CT molecular complexity index is 2080. The first-order chi connectivity index (χ1) is 20.0. The lowest BCUT2D eigenvalue weighted by molar-refractivity contribution is 0.0964. The van der Waals surface area contributed by atoms with Crippen molar-refractivity contribution >= 4 is 43.5 Å². The number of nitrogens with one attached hydrogen (secondary N) is 2. The van der Waals surface area contributed by atoms with Crippen molar-refractivity contribution in [1.82, 2.24) is 15.3 Å². The molecule has 0 spiro atoms. The zero-order valence-electron chi connectivity index (χ0n) is 22.8. The Morgan fingerprint density at radius 1 is 1.05 bits per heavy atom. The molecule has 0 aliphatic heterocycles. The molecule has 3 heterocycles. The zero-order valence-corrected chi connectivity index (χ0v) is 23.6. The van der Waals surface area contributed by atoms with Gasteiger partial charge in [-0.05, 0) is 48.5 Å². The number of aromatic amines is 1. The monoisotopic (exact) mass is 584 g/mol. The van der Waals surface area contributed by atoms with E-state index in [1.165, 1.54) is 50.6 Å². The summed E-state index contributed by atoms with van der Waals surface area (Å²) in [5.41, 5.74) is 3.86. The number of aromatic nitrogens is 2. The van der Waals surface area contributed by atoms with Gasteiger partial charge in [-0.25, -0.2) is 12.8 Å². The summed E-state index contributed by atoms with van der Waals surface area (Å²) in [6.07, 6.45) is 2.37. The molecule has 3 aromatic carbocycles. The molecule has 11 heteroatoms. The summed E-state index contributed by atoms with van der Waals surface area (Å²) in [5, 5.41) is 14.7. The highest BCUT2D eigenvalue weighted by Crippen LogP contribution is 2.42. The molecule has 0 radical (unpaired) electrons. The van der Waals surface area contributed by atoms with Crippen LogP contribution in [0.25, 0.3) is 55.7 Å². The Kier molecular flexibility index (Phi) is 6.46. The van der Waals surface area contributed by atoms with E-state index in [2.05, 4.69) is 15.3 Å². The Morgan fingerprint density at radius 2 is 1.79 bits per heavy atom. The second-order valence-electron chi connectivity index (χ2n) is 9.85. The maximum Gasteiger partial charge on any atom is 0.255 e. The average molecular weight is 585 g/mol. The predicted octanol–water partition coefficient (Wildman–Crippen LogP) is 5.91. The van der Waals surface area contributed by atoms with Gasteiger partial charge in [-0.1, -0.05) is 18.2 Å². The minimum atomic E-state index is -3.74. The number of pyridine rings is 1. The predicted molar refractivity (Wildman–Crippen MR) is 160 cm³/mol. The third-order valence-corrected chi connectivity index (χ3v) is 8.37. The maximum atomic E-state index is 13.7. The number of fused-ring (bicyclic) bond motifs is 2. The second kappa shape index (κ2) is 10.0. The number of nitrogens with zero attached hydrogens (tertiary/aromatic N) is 2. The fourth-order valence-corrected chi connectivity index (χ4v) is 5.47. The van der Waals surface area contributed by atoms with Gasteiger partial charge in [-0.15, -0.1) is 0 Å². The molecule has 0 fully saturated rings. The molecule has 0 aliphatic rings. The topological polar surface area (TPSA) is 129 Å². The van der Waals surface area contributed by atoms with Crippen molar-refractivity contribution in [3.05, 3.63) is 90.4 Å². The number of halogens is 1. The van der Waals surface area contributed by atoms with Crippen molar-refractivity contribution in [2.24, 2.45) is 0 Å². The number of rotatable bonds is 6. The van der Waals surface area contributed by atoms with Gasteiger partial charge in [-0.2, -0.15) is 0 Å². The molecular weight excluding hydrogens is 559 g/mol. The highest BCUT2D eigenvalue weighted by molar-refractivity contribution is 7.92. The van der Waals surface area contributed by atoms with E-state index in [0.717, 1.165) is 21.5 Å². The molecule has 0 atom stereocenters. The number of H-pyrrole nitrogens is 1. The van der Waals surface area contributed by atoms with E-state index in [9.17, 15) is 22.7 Å². The Balaban J connectivity index is 1.63. The summed E-state index contributed by atoms with van der Waals surface area (Å²) in [4.78, 5) is 20.9. The van der Waals surface area contributed by atoms with Gasteiger partial charge in [0.2, 0.25) is 10.0 Å². The first-order valence-electron chi connectivity index (χ1n) is 12.8. The molecule has 9 nitrogen and oxygen atoms in total. The van der Waals surface area contributed by atoms with Crippen LogP contribution in [0.3, 0.4) is 0 Å². The first-order valence-corrected chi connectivity index (χ1v) is 14.7. The molecule has 6 aromatic rings. The number of para-hydroxylation sites is 1. The quantitative estimate of drug-likeness (QED) is 0.223. The molecule has 0 unspecified atom stereocenters. The van der Waals surface area contributed by atoms with Gasteiger partial charge in [0.05, 0.1) is 35.1 Å². The van der Waals surface area contributed by atoms with Crippen LogP contribution in [-0.2, 0) is 10.0 Å². The van der Waals surface area contributed by atoms with Crippen molar-refractivity contribution in [3.8, 4) is 39.6 Å². The number of furan rings is 1. The van der Waals surface area contributed by atoms with E-state index < -0.39 is 21.7 Å². The van der Waals surface area contributed by atoms with Crippen LogP contribution in [0.4, 0.5) is 10.1 Å². The van der Waals surface area contributed by atoms with Crippen LogP contribution in [0.2, 0.25) is 0 Å². The molecule has 42 heavy (non-hydrogen) atoms. The number of anilines is 1. The van der Waals surface area contributed by atoms with E-state index in [1.54, 1.807) is 12.1 Å². The van der Waals surface area contributed by atoms with E-state index in [-0.39, 0.29) is 28.3 Å².